The molecular formula is C16H16ClN3. The highest BCUT2D eigenvalue weighted by molar-refractivity contribution is 6.31. The van der Waals surface area contributed by atoms with Gasteiger partial charge in [-0.05, 0) is 23.8 Å². The zero-order valence-corrected chi connectivity index (χ0v) is 11.8. The van der Waals surface area contributed by atoms with E-state index in [-0.39, 0.29) is 6.04 Å². The monoisotopic (exact) mass is 285 g/mol. The summed E-state index contributed by atoms with van der Waals surface area (Å²) in [5.74, 6) is 0. The minimum atomic E-state index is 0.115. The first-order valence-electron chi connectivity index (χ1n) is 6.64. The summed E-state index contributed by atoms with van der Waals surface area (Å²) >= 11 is 6.34. The van der Waals surface area contributed by atoms with E-state index in [9.17, 15) is 0 Å². The summed E-state index contributed by atoms with van der Waals surface area (Å²) in [6.07, 6.45) is 0.815. The van der Waals surface area contributed by atoms with Gasteiger partial charge in [0.25, 0.3) is 0 Å². The molecule has 0 fully saturated rings. The zero-order valence-electron chi connectivity index (χ0n) is 11.0. The van der Waals surface area contributed by atoms with E-state index >= 15 is 0 Å². The lowest BCUT2D eigenvalue weighted by atomic mass is 10.0. The predicted molar refractivity (Wildman–Crippen MR) is 84.2 cm³/mol. The Morgan fingerprint density at radius 3 is 2.50 bits per heavy atom. The highest BCUT2D eigenvalue weighted by Gasteiger charge is 2.29. The van der Waals surface area contributed by atoms with Crippen LogP contribution in [0.25, 0.3) is 0 Å². The lowest BCUT2D eigenvalue weighted by Gasteiger charge is -2.24. The Labute approximate surface area is 123 Å². The van der Waals surface area contributed by atoms with E-state index in [1.54, 1.807) is 0 Å². The van der Waals surface area contributed by atoms with Crippen LogP contribution in [0.5, 0.6) is 0 Å². The number of hydrogen-bond acceptors (Lipinski definition) is 3. The van der Waals surface area contributed by atoms with Gasteiger partial charge in [-0.1, -0.05) is 48.0 Å². The molecular weight excluding hydrogens is 270 g/mol. The molecule has 102 valence electrons. The normalized spacial score (nSPS) is 18.2. The van der Waals surface area contributed by atoms with E-state index in [4.69, 9.17) is 17.3 Å². The van der Waals surface area contributed by atoms with Crippen molar-refractivity contribution in [3.63, 3.8) is 0 Å². The number of para-hydroxylation sites is 1. The van der Waals surface area contributed by atoms with E-state index < -0.39 is 0 Å². The molecule has 0 aliphatic carbocycles. The Bertz CT molecular complexity index is 625. The van der Waals surface area contributed by atoms with Gasteiger partial charge in [-0.25, -0.2) is 0 Å². The number of nitrogens with two attached hydrogens (primary N) is 1. The second-order valence-electron chi connectivity index (χ2n) is 4.79. The van der Waals surface area contributed by atoms with Crippen molar-refractivity contribution >= 4 is 23.0 Å². The maximum absolute atomic E-state index is 6.34. The molecule has 0 spiro atoms. The van der Waals surface area contributed by atoms with Crippen LogP contribution in [0.4, 0.5) is 5.69 Å². The van der Waals surface area contributed by atoms with Gasteiger partial charge in [0.2, 0.25) is 0 Å². The number of halogens is 1. The lowest BCUT2D eigenvalue weighted by Crippen LogP contribution is -2.18. The molecule has 0 saturated carbocycles. The summed E-state index contributed by atoms with van der Waals surface area (Å²) in [6, 6.07) is 18.1. The van der Waals surface area contributed by atoms with Crippen LogP contribution in [0.3, 0.4) is 0 Å². The van der Waals surface area contributed by atoms with Crippen molar-refractivity contribution in [3.8, 4) is 0 Å². The summed E-state index contributed by atoms with van der Waals surface area (Å²) in [5, 5.41) is 7.43. The summed E-state index contributed by atoms with van der Waals surface area (Å²) in [7, 11) is 0. The molecule has 2 aromatic carbocycles. The molecule has 1 aliphatic heterocycles. The Morgan fingerprint density at radius 2 is 1.80 bits per heavy atom. The van der Waals surface area contributed by atoms with Gasteiger partial charge in [0.1, 0.15) is 0 Å². The highest BCUT2D eigenvalue weighted by Crippen LogP contribution is 2.37. The third kappa shape index (κ3) is 2.42. The van der Waals surface area contributed by atoms with Gasteiger partial charge in [0.05, 0.1) is 17.4 Å². The summed E-state index contributed by atoms with van der Waals surface area (Å²) in [5.41, 5.74) is 8.91. The van der Waals surface area contributed by atoms with Crippen molar-refractivity contribution in [1.82, 2.24) is 0 Å². The fraction of sp³-hybridized carbons (Fsp3) is 0.188. The van der Waals surface area contributed by atoms with Crippen LogP contribution in [-0.4, -0.2) is 12.3 Å². The minimum Gasteiger partial charge on any atom is -0.325 e. The molecule has 0 radical (unpaired) electrons. The van der Waals surface area contributed by atoms with Gasteiger partial charge in [-0.15, -0.1) is 0 Å². The van der Waals surface area contributed by atoms with E-state index in [2.05, 4.69) is 11.2 Å². The Morgan fingerprint density at radius 1 is 1.10 bits per heavy atom. The first-order chi connectivity index (χ1) is 9.79. The predicted octanol–water partition coefficient (Wildman–Crippen LogP) is 3.61. The van der Waals surface area contributed by atoms with Gasteiger partial charge in [0, 0.05) is 18.0 Å². The molecule has 1 aliphatic rings. The summed E-state index contributed by atoms with van der Waals surface area (Å²) in [6.45, 7) is 0.476. The average Bonchev–Trinajstić information content (AvgIpc) is 2.93. The van der Waals surface area contributed by atoms with Crippen molar-refractivity contribution in [2.45, 2.75) is 12.5 Å². The van der Waals surface area contributed by atoms with Gasteiger partial charge in [-0.2, -0.15) is 5.10 Å². The number of hydrazone groups is 1. The van der Waals surface area contributed by atoms with Crippen LogP contribution in [0.2, 0.25) is 5.02 Å². The van der Waals surface area contributed by atoms with E-state index in [1.807, 2.05) is 53.5 Å². The van der Waals surface area contributed by atoms with Crippen LogP contribution in [-0.2, 0) is 0 Å². The number of anilines is 1. The SMILES string of the molecule is NCC1=NN(c2ccccc2)C(c2ccccc2Cl)C1. The third-order valence-electron chi connectivity index (χ3n) is 3.49. The van der Waals surface area contributed by atoms with Gasteiger partial charge in [0.15, 0.2) is 0 Å². The Kier molecular flexibility index (Phi) is 3.72. The van der Waals surface area contributed by atoms with Crippen molar-refractivity contribution in [3.05, 3.63) is 65.2 Å². The summed E-state index contributed by atoms with van der Waals surface area (Å²) < 4.78 is 0. The average molecular weight is 286 g/mol. The second-order valence-corrected chi connectivity index (χ2v) is 5.20. The quantitative estimate of drug-likeness (QED) is 0.936. The van der Waals surface area contributed by atoms with Crippen molar-refractivity contribution < 1.29 is 0 Å². The fourth-order valence-electron chi connectivity index (χ4n) is 2.50. The molecule has 2 N–H and O–H groups in total. The molecule has 0 amide bonds. The fourth-order valence-corrected chi connectivity index (χ4v) is 2.76. The first-order valence-corrected chi connectivity index (χ1v) is 7.02. The Balaban J connectivity index is 2.01. The lowest BCUT2D eigenvalue weighted by molar-refractivity contribution is 0.708. The molecule has 4 heteroatoms. The van der Waals surface area contributed by atoms with Crippen molar-refractivity contribution in [2.24, 2.45) is 10.8 Å². The summed E-state index contributed by atoms with van der Waals surface area (Å²) in [4.78, 5) is 0. The van der Waals surface area contributed by atoms with E-state index in [0.717, 1.165) is 28.4 Å². The topological polar surface area (TPSA) is 41.6 Å². The van der Waals surface area contributed by atoms with Crippen LogP contribution in [0.15, 0.2) is 59.7 Å². The minimum absolute atomic E-state index is 0.115. The molecule has 0 aromatic heterocycles. The molecule has 1 atom stereocenters. The van der Waals surface area contributed by atoms with Crippen molar-refractivity contribution in [1.29, 1.82) is 0 Å². The molecule has 0 bridgehead atoms. The molecule has 3 nitrogen and oxygen atoms in total. The van der Waals surface area contributed by atoms with E-state index in [1.165, 1.54) is 0 Å². The largest absolute Gasteiger partial charge is 0.325 e. The number of benzene rings is 2. The number of hydrogen-bond donors (Lipinski definition) is 1. The molecule has 3 rings (SSSR count). The number of rotatable bonds is 3. The van der Waals surface area contributed by atoms with Gasteiger partial charge >= 0.3 is 0 Å². The standard InChI is InChI=1S/C16H16ClN3/c17-15-9-5-4-8-14(15)16-10-12(11-18)19-20(16)13-6-2-1-3-7-13/h1-9,16H,10-11,18H2. The van der Waals surface area contributed by atoms with Crippen LogP contribution < -0.4 is 10.7 Å². The van der Waals surface area contributed by atoms with Crippen LogP contribution in [0, 0.1) is 0 Å². The Hall–Kier alpha value is -1.84. The van der Waals surface area contributed by atoms with E-state index in [0.29, 0.717) is 6.54 Å². The van der Waals surface area contributed by atoms with Gasteiger partial charge < -0.3 is 5.73 Å². The van der Waals surface area contributed by atoms with Crippen molar-refractivity contribution in [2.75, 3.05) is 11.6 Å². The van der Waals surface area contributed by atoms with Crippen LogP contribution in [0.1, 0.15) is 18.0 Å². The van der Waals surface area contributed by atoms with Crippen LogP contribution >= 0.6 is 11.6 Å². The maximum Gasteiger partial charge on any atom is 0.0843 e. The smallest absolute Gasteiger partial charge is 0.0843 e. The second kappa shape index (κ2) is 5.65. The zero-order chi connectivity index (χ0) is 13.9. The highest BCUT2D eigenvalue weighted by atomic mass is 35.5. The van der Waals surface area contributed by atoms with Gasteiger partial charge in [-0.3, -0.25) is 5.01 Å². The number of nitrogens with zero attached hydrogens (tertiary/aromatic N) is 2. The molecule has 1 heterocycles. The molecule has 1 unspecified atom stereocenters. The molecule has 2 aromatic rings. The molecule has 20 heavy (non-hydrogen) atoms. The maximum atomic E-state index is 6.34. The first kappa shape index (κ1) is 13.2. The molecule has 0 saturated heterocycles. The third-order valence-corrected chi connectivity index (χ3v) is 3.84.